The van der Waals surface area contributed by atoms with Crippen molar-refractivity contribution in [2.45, 2.75) is 32.0 Å². The van der Waals surface area contributed by atoms with Crippen molar-refractivity contribution in [3.63, 3.8) is 0 Å². The summed E-state index contributed by atoms with van der Waals surface area (Å²) >= 11 is 0. The molecule has 0 bridgehead atoms. The van der Waals surface area contributed by atoms with Crippen molar-refractivity contribution in [3.05, 3.63) is 23.7 Å². The summed E-state index contributed by atoms with van der Waals surface area (Å²) in [7, 11) is 2.15. The number of hydrogen-bond donors (Lipinski definition) is 1. The molecule has 0 unspecified atom stereocenters. The molecule has 1 heterocycles. The van der Waals surface area contributed by atoms with Crippen molar-refractivity contribution in [3.8, 4) is 0 Å². The number of hydrogen-bond acceptors (Lipinski definition) is 4. The molecule has 2 N–H and O–H groups in total. The van der Waals surface area contributed by atoms with Gasteiger partial charge in [-0.15, -0.1) is 0 Å². The zero-order valence-corrected chi connectivity index (χ0v) is 9.82. The van der Waals surface area contributed by atoms with E-state index in [1.54, 1.807) is 6.26 Å². The van der Waals surface area contributed by atoms with E-state index in [-0.39, 0.29) is 0 Å². The predicted octanol–water partition coefficient (Wildman–Crippen LogP) is 1.35. The Morgan fingerprint density at radius 1 is 1.56 bits per heavy atom. The standard InChI is InChI=1S/C12H20N2O2/c1-14(11-2-3-11)4-5-15-9-12-6-10(7-13)8-16-12/h6,8,11H,2-5,7,9,13H2,1H3. The van der Waals surface area contributed by atoms with E-state index in [9.17, 15) is 0 Å². The number of likely N-dealkylation sites (N-methyl/N-ethyl adjacent to an activating group) is 1. The highest BCUT2D eigenvalue weighted by molar-refractivity contribution is 5.11. The first-order valence-corrected chi connectivity index (χ1v) is 5.84. The predicted molar refractivity (Wildman–Crippen MR) is 61.9 cm³/mol. The second-order valence-electron chi connectivity index (χ2n) is 4.39. The number of ether oxygens (including phenoxy) is 1. The molecule has 4 nitrogen and oxygen atoms in total. The lowest BCUT2D eigenvalue weighted by molar-refractivity contribution is 0.0863. The molecule has 0 radical (unpaired) electrons. The van der Waals surface area contributed by atoms with E-state index in [2.05, 4.69) is 11.9 Å². The lowest BCUT2D eigenvalue weighted by Gasteiger charge is -2.14. The molecular weight excluding hydrogens is 204 g/mol. The molecule has 0 saturated heterocycles. The topological polar surface area (TPSA) is 51.6 Å². The van der Waals surface area contributed by atoms with Crippen LogP contribution in [0.15, 0.2) is 16.7 Å². The van der Waals surface area contributed by atoms with E-state index in [1.165, 1.54) is 12.8 Å². The van der Waals surface area contributed by atoms with E-state index in [4.69, 9.17) is 14.9 Å². The van der Waals surface area contributed by atoms with Crippen LogP contribution in [-0.2, 0) is 17.9 Å². The number of nitrogens with two attached hydrogens (primary N) is 1. The van der Waals surface area contributed by atoms with Crippen LogP contribution >= 0.6 is 0 Å². The van der Waals surface area contributed by atoms with E-state index in [0.717, 1.165) is 30.5 Å². The zero-order chi connectivity index (χ0) is 11.4. The van der Waals surface area contributed by atoms with Gasteiger partial charge in [-0.05, 0) is 26.0 Å². The SMILES string of the molecule is CN(CCOCc1cc(CN)co1)C1CC1. The molecule has 0 amide bonds. The van der Waals surface area contributed by atoms with Crippen molar-refractivity contribution >= 4 is 0 Å². The monoisotopic (exact) mass is 224 g/mol. The van der Waals surface area contributed by atoms with Gasteiger partial charge < -0.3 is 19.8 Å². The van der Waals surface area contributed by atoms with Gasteiger partial charge in [-0.25, -0.2) is 0 Å². The van der Waals surface area contributed by atoms with Crippen LogP contribution in [-0.4, -0.2) is 31.1 Å². The molecule has 1 saturated carbocycles. The van der Waals surface area contributed by atoms with Crippen molar-refractivity contribution in [2.24, 2.45) is 5.73 Å². The zero-order valence-electron chi connectivity index (χ0n) is 9.82. The molecule has 1 aliphatic carbocycles. The Balaban J connectivity index is 1.60. The van der Waals surface area contributed by atoms with Crippen molar-refractivity contribution in [2.75, 3.05) is 20.2 Å². The largest absolute Gasteiger partial charge is 0.467 e. The van der Waals surface area contributed by atoms with Crippen LogP contribution in [0.25, 0.3) is 0 Å². The molecule has 4 heteroatoms. The molecule has 0 aromatic carbocycles. The third kappa shape index (κ3) is 3.33. The van der Waals surface area contributed by atoms with Crippen LogP contribution in [0.4, 0.5) is 0 Å². The number of furan rings is 1. The molecule has 0 atom stereocenters. The molecule has 90 valence electrons. The van der Waals surface area contributed by atoms with Crippen LogP contribution in [0.1, 0.15) is 24.2 Å². The van der Waals surface area contributed by atoms with Gasteiger partial charge in [0.2, 0.25) is 0 Å². The molecule has 1 fully saturated rings. The Morgan fingerprint density at radius 3 is 3.00 bits per heavy atom. The molecule has 0 spiro atoms. The second-order valence-corrected chi connectivity index (χ2v) is 4.39. The maximum Gasteiger partial charge on any atom is 0.129 e. The van der Waals surface area contributed by atoms with Gasteiger partial charge in [0.15, 0.2) is 0 Å². The summed E-state index contributed by atoms with van der Waals surface area (Å²) in [5.41, 5.74) is 6.51. The number of rotatable bonds is 7. The van der Waals surface area contributed by atoms with Crippen LogP contribution < -0.4 is 5.73 Å². The smallest absolute Gasteiger partial charge is 0.129 e. The fraction of sp³-hybridized carbons (Fsp3) is 0.667. The Hall–Kier alpha value is -0.840. The van der Waals surface area contributed by atoms with E-state index < -0.39 is 0 Å². The highest BCUT2D eigenvalue weighted by Crippen LogP contribution is 2.24. The second kappa shape index (κ2) is 5.48. The molecule has 2 rings (SSSR count). The highest BCUT2D eigenvalue weighted by atomic mass is 16.5. The Bertz CT molecular complexity index is 321. The lowest BCUT2D eigenvalue weighted by atomic mass is 10.3. The Morgan fingerprint density at radius 2 is 2.38 bits per heavy atom. The van der Waals surface area contributed by atoms with E-state index in [0.29, 0.717) is 13.2 Å². The van der Waals surface area contributed by atoms with Gasteiger partial charge >= 0.3 is 0 Å². The van der Waals surface area contributed by atoms with Gasteiger partial charge in [0.05, 0.1) is 12.9 Å². The Labute approximate surface area is 96.4 Å². The summed E-state index contributed by atoms with van der Waals surface area (Å²) in [6, 6.07) is 2.75. The van der Waals surface area contributed by atoms with Crippen molar-refractivity contribution in [1.82, 2.24) is 4.90 Å². The third-order valence-corrected chi connectivity index (χ3v) is 2.95. The van der Waals surface area contributed by atoms with Gasteiger partial charge in [-0.1, -0.05) is 0 Å². The molecule has 16 heavy (non-hydrogen) atoms. The summed E-state index contributed by atoms with van der Waals surface area (Å²) < 4.78 is 10.9. The van der Waals surface area contributed by atoms with Crippen molar-refractivity contribution in [1.29, 1.82) is 0 Å². The van der Waals surface area contributed by atoms with Gasteiger partial charge in [-0.3, -0.25) is 0 Å². The summed E-state index contributed by atoms with van der Waals surface area (Å²) in [6.07, 6.45) is 4.37. The molecule has 1 aromatic heterocycles. The minimum atomic E-state index is 0.522. The van der Waals surface area contributed by atoms with Crippen LogP contribution in [0.3, 0.4) is 0 Å². The maximum absolute atomic E-state index is 5.55. The molecule has 1 aliphatic rings. The fourth-order valence-electron chi connectivity index (χ4n) is 1.69. The van der Waals surface area contributed by atoms with Crippen LogP contribution in [0, 0.1) is 0 Å². The minimum absolute atomic E-state index is 0.522. The van der Waals surface area contributed by atoms with Gasteiger partial charge in [-0.2, -0.15) is 0 Å². The first-order valence-electron chi connectivity index (χ1n) is 5.84. The molecule has 0 aliphatic heterocycles. The average molecular weight is 224 g/mol. The van der Waals surface area contributed by atoms with E-state index >= 15 is 0 Å². The normalized spacial score (nSPS) is 15.9. The summed E-state index contributed by atoms with van der Waals surface area (Å²) in [5.74, 6) is 0.856. The Kier molecular flexibility index (Phi) is 3.98. The minimum Gasteiger partial charge on any atom is -0.467 e. The fourth-order valence-corrected chi connectivity index (χ4v) is 1.69. The van der Waals surface area contributed by atoms with Gasteiger partial charge in [0.1, 0.15) is 12.4 Å². The maximum atomic E-state index is 5.55. The van der Waals surface area contributed by atoms with Crippen LogP contribution in [0.2, 0.25) is 0 Å². The van der Waals surface area contributed by atoms with Crippen molar-refractivity contribution < 1.29 is 9.15 Å². The van der Waals surface area contributed by atoms with Gasteiger partial charge in [0.25, 0.3) is 0 Å². The summed E-state index contributed by atoms with van der Waals surface area (Å²) in [4.78, 5) is 2.35. The average Bonchev–Trinajstić information content (AvgIpc) is 3.04. The lowest BCUT2D eigenvalue weighted by Crippen LogP contribution is -2.25. The summed E-state index contributed by atoms with van der Waals surface area (Å²) in [6.45, 7) is 2.81. The highest BCUT2D eigenvalue weighted by Gasteiger charge is 2.25. The quantitative estimate of drug-likeness (QED) is 0.710. The molecular formula is C12H20N2O2. The van der Waals surface area contributed by atoms with Gasteiger partial charge in [0, 0.05) is 24.7 Å². The number of nitrogens with zero attached hydrogens (tertiary/aromatic N) is 1. The first kappa shape index (κ1) is 11.6. The van der Waals surface area contributed by atoms with Crippen LogP contribution in [0.5, 0.6) is 0 Å². The first-order chi connectivity index (χ1) is 7.79. The van der Waals surface area contributed by atoms with E-state index in [1.807, 2.05) is 6.07 Å². The summed E-state index contributed by atoms with van der Waals surface area (Å²) in [5, 5.41) is 0. The molecule has 1 aromatic rings. The third-order valence-electron chi connectivity index (χ3n) is 2.95.